The molecule has 0 saturated carbocycles. The van der Waals surface area contributed by atoms with E-state index in [1.165, 1.54) is 23.1 Å². The molecule has 3 rings (SSSR count). The van der Waals surface area contributed by atoms with E-state index in [0.717, 1.165) is 25.7 Å². The number of carbonyl (C=O) groups is 2. The standard InChI is InChI=1S/C15H15N3O2S3/c1-3-21-14-16-17-15(23-14)22-8-12(19)9-4-5-11-10(6-9)7-13(20)18(11)2/h4-6H,3,7-8H2,1-2H3. The monoisotopic (exact) mass is 365 g/mol. The molecule has 1 amide bonds. The van der Waals surface area contributed by atoms with Crippen LogP contribution in [0.4, 0.5) is 5.69 Å². The molecule has 0 N–H and O–H groups in total. The lowest BCUT2D eigenvalue weighted by atomic mass is 10.1. The molecule has 8 heteroatoms. The van der Waals surface area contributed by atoms with Crippen molar-refractivity contribution in [2.75, 3.05) is 23.5 Å². The Kier molecular flexibility index (Phi) is 5.03. The van der Waals surface area contributed by atoms with E-state index in [1.807, 2.05) is 12.1 Å². The van der Waals surface area contributed by atoms with Crippen LogP contribution in [0.5, 0.6) is 0 Å². The highest BCUT2D eigenvalue weighted by Crippen LogP contribution is 2.31. The van der Waals surface area contributed by atoms with Crippen molar-refractivity contribution in [2.24, 2.45) is 0 Å². The van der Waals surface area contributed by atoms with Crippen molar-refractivity contribution in [3.63, 3.8) is 0 Å². The Bertz CT molecular complexity index is 760. The third kappa shape index (κ3) is 3.59. The molecule has 0 atom stereocenters. The number of Topliss-reactive ketones (excluding diaryl/α,β-unsaturated/α-hetero) is 1. The second-order valence-corrected chi connectivity index (χ2v) is 8.66. The Morgan fingerprint density at radius 2 is 2.04 bits per heavy atom. The molecule has 1 aliphatic heterocycles. The minimum atomic E-state index is 0.0414. The van der Waals surface area contributed by atoms with Gasteiger partial charge in [-0.2, -0.15) is 0 Å². The third-order valence-electron chi connectivity index (χ3n) is 3.46. The van der Waals surface area contributed by atoms with E-state index < -0.39 is 0 Å². The van der Waals surface area contributed by atoms with Crippen LogP contribution in [-0.2, 0) is 11.2 Å². The second kappa shape index (κ2) is 7.02. The molecule has 0 unspecified atom stereocenters. The van der Waals surface area contributed by atoms with Gasteiger partial charge in [0.05, 0.1) is 12.2 Å². The lowest BCUT2D eigenvalue weighted by molar-refractivity contribution is -0.117. The molecular weight excluding hydrogens is 350 g/mol. The van der Waals surface area contributed by atoms with Crippen molar-refractivity contribution in [1.29, 1.82) is 0 Å². The van der Waals surface area contributed by atoms with Crippen LogP contribution >= 0.6 is 34.9 Å². The van der Waals surface area contributed by atoms with Gasteiger partial charge < -0.3 is 4.90 Å². The number of amides is 1. The number of benzene rings is 1. The first-order chi connectivity index (χ1) is 11.1. The number of likely N-dealkylation sites (N-methyl/N-ethyl adjacent to an activating group) is 1. The minimum Gasteiger partial charge on any atom is -0.315 e. The Balaban J connectivity index is 1.64. The average molecular weight is 366 g/mol. The first-order valence-electron chi connectivity index (χ1n) is 7.10. The van der Waals surface area contributed by atoms with Gasteiger partial charge in [-0.3, -0.25) is 9.59 Å². The van der Waals surface area contributed by atoms with Gasteiger partial charge in [0.2, 0.25) is 5.91 Å². The molecule has 0 spiro atoms. The maximum Gasteiger partial charge on any atom is 0.231 e. The van der Waals surface area contributed by atoms with Crippen LogP contribution in [-0.4, -0.2) is 40.4 Å². The van der Waals surface area contributed by atoms with E-state index in [4.69, 9.17) is 0 Å². The SMILES string of the molecule is CCSc1nnc(SCC(=O)c2ccc3c(c2)CC(=O)N3C)s1. The number of carbonyl (C=O) groups excluding carboxylic acids is 2. The number of nitrogens with zero attached hydrogens (tertiary/aromatic N) is 3. The van der Waals surface area contributed by atoms with Gasteiger partial charge in [0.1, 0.15) is 0 Å². The molecule has 2 aromatic rings. The van der Waals surface area contributed by atoms with Crippen LogP contribution < -0.4 is 4.90 Å². The summed E-state index contributed by atoms with van der Waals surface area (Å²) in [6.45, 7) is 2.07. The number of anilines is 1. The number of fused-ring (bicyclic) bond motifs is 1. The van der Waals surface area contributed by atoms with Crippen molar-refractivity contribution in [3.8, 4) is 0 Å². The van der Waals surface area contributed by atoms with Gasteiger partial charge in [-0.05, 0) is 29.5 Å². The Labute approximate surface area is 146 Å². The van der Waals surface area contributed by atoms with Crippen LogP contribution in [0, 0.1) is 0 Å². The molecule has 1 aliphatic rings. The van der Waals surface area contributed by atoms with Gasteiger partial charge in [-0.15, -0.1) is 10.2 Å². The van der Waals surface area contributed by atoms with E-state index >= 15 is 0 Å². The largest absolute Gasteiger partial charge is 0.315 e. The molecule has 1 aromatic carbocycles. The van der Waals surface area contributed by atoms with Crippen molar-refractivity contribution < 1.29 is 9.59 Å². The molecule has 0 bridgehead atoms. The summed E-state index contributed by atoms with van der Waals surface area (Å²) in [5.41, 5.74) is 2.46. The van der Waals surface area contributed by atoms with Crippen LogP contribution in [0.25, 0.3) is 0 Å². The minimum absolute atomic E-state index is 0.0414. The topological polar surface area (TPSA) is 63.2 Å². The maximum atomic E-state index is 12.3. The van der Waals surface area contributed by atoms with E-state index in [2.05, 4.69) is 17.1 Å². The summed E-state index contributed by atoms with van der Waals surface area (Å²) in [7, 11) is 1.76. The summed E-state index contributed by atoms with van der Waals surface area (Å²) in [4.78, 5) is 25.7. The molecule has 0 aliphatic carbocycles. The number of thioether (sulfide) groups is 2. The van der Waals surface area contributed by atoms with Gasteiger partial charge in [0.15, 0.2) is 14.5 Å². The molecule has 23 heavy (non-hydrogen) atoms. The Morgan fingerprint density at radius 1 is 1.30 bits per heavy atom. The summed E-state index contributed by atoms with van der Waals surface area (Å²) in [5.74, 6) is 1.39. The first-order valence-corrected chi connectivity index (χ1v) is 9.89. The number of rotatable bonds is 6. The summed E-state index contributed by atoms with van der Waals surface area (Å²) in [5, 5.41) is 8.16. The van der Waals surface area contributed by atoms with E-state index in [-0.39, 0.29) is 11.7 Å². The molecule has 0 saturated heterocycles. The maximum absolute atomic E-state index is 12.3. The predicted molar refractivity (Wildman–Crippen MR) is 94.9 cm³/mol. The van der Waals surface area contributed by atoms with Crippen LogP contribution in [0.2, 0.25) is 0 Å². The van der Waals surface area contributed by atoms with Crippen molar-refractivity contribution in [2.45, 2.75) is 22.0 Å². The number of hydrogen-bond acceptors (Lipinski definition) is 7. The first kappa shape index (κ1) is 16.5. The fraction of sp³-hybridized carbons (Fsp3) is 0.333. The zero-order valence-corrected chi connectivity index (χ0v) is 15.2. The molecule has 2 heterocycles. The summed E-state index contributed by atoms with van der Waals surface area (Å²) >= 11 is 4.58. The predicted octanol–water partition coefficient (Wildman–Crippen LogP) is 3.14. The summed E-state index contributed by atoms with van der Waals surface area (Å²) in [6.07, 6.45) is 0.369. The molecule has 1 aromatic heterocycles. The quantitative estimate of drug-likeness (QED) is 0.579. The molecule has 0 fully saturated rings. The van der Waals surface area contributed by atoms with Gasteiger partial charge in [-0.1, -0.05) is 41.8 Å². The van der Waals surface area contributed by atoms with Gasteiger partial charge in [-0.25, -0.2) is 0 Å². The zero-order chi connectivity index (χ0) is 16.4. The van der Waals surface area contributed by atoms with E-state index in [9.17, 15) is 9.59 Å². The molecule has 0 radical (unpaired) electrons. The summed E-state index contributed by atoms with van der Waals surface area (Å²) in [6, 6.07) is 5.46. The van der Waals surface area contributed by atoms with E-state index in [1.54, 1.807) is 29.8 Å². The van der Waals surface area contributed by atoms with E-state index in [0.29, 0.717) is 17.7 Å². The van der Waals surface area contributed by atoms with Crippen LogP contribution in [0.3, 0.4) is 0 Å². The Hall–Kier alpha value is -1.38. The molecule has 120 valence electrons. The highest BCUT2D eigenvalue weighted by molar-refractivity contribution is 8.03. The number of ketones is 1. The second-order valence-electron chi connectivity index (χ2n) is 4.95. The fourth-order valence-corrected chi connectivity index (χ4v) is 5.10. The van der Waals surface area contributed by atoms with Crippen molar-refractivity contribution in [3.05, 3.63) is 29.3 Å². The Morgan fingerprint density at radius 3 is 2.78 bits per heavy atom. The number of aromatic nitrogens is 2. The third-order valence-corrected chi connectivity index (χ3v) is 6.53. The molecule has 5 nitrogen and oxygen atoms in total. The van der Waals surface area contributed by atoms with Gasteiger partial charge in [0, 0.05) is 18.3 Å². The van der Waals surface area contributed by atoms with Crippen molar-refractivity contribution >= 4 is 52.2 Å². The normalized spacial score (nSPS) is 13.5. The molecular formula is C15H15N3O2S3. The average Bonchev–Trinajstić information content (AvgIpc) is 3.10. The van der Waals surface area contributed by atoms with Crippen LogP contribution in [0.1, 0.15) is 22.8 Å². The smallest absolute Gasteiger partial charge is 0.231 e. The lowest BCUT2D eigenvalue weighted by Gasteiger charge is -2.10. The highest BCUT2D eigenvalue weighted by atomic mass is 32.2. The van der Waals surface area contributed by atoms with Crippen LogP contribution in [0.15, 0.2) is 26.9 Å². The van der Waals surface area contributed by atoms with Gasteiger partial charge in [0.25, 0.3) is 0 Å². The highest BCUT2D eigenvalue weighted by Gasteiger charge is 2.24. The number of hydrogen-bond donors (Lipinski definition) is 0. The fourth-order valence-electron chi connectivity index (χ4n) is 2.29. The van der Waals surface area contributed by atoms with Gasteiger partial charge >= 0.3 is 0 Å². The van der Waals surface area contributed by atoms with Crippen molar-refractivity contribution in [1.82, 2.24) is 10.2 Å². The zero-order valence-electron chi connectivity index (χ0n) is 12.7. The summed E-state index contributed by atoms with van der Waals surface area (Å²) < 4.78 is 1.74. The lowest BCUT2D eigenvalue weighted by Crippen LogP contribution is -2.20.